The topological polar surface area (TPSA) is 55.6 Å². The van der Waals surface area contributed by atoms with Gasteiger partial charge in [0.15, 0.2) is 0 Å². The average Bonchev–Trinajstić information content (AvgIpc) is 2.98. The summed E-state index contributed by atoms with van der Waals surface area (Å²) in [5, 5.41) is 4.46. The van der Waals surface area contributed by atoms with Crippen LogP contribution in [0.2, 0.25) is 5.15 Å². The third-order valence-electron chi connectivity index (χ3n) is 4.82. The summed E-state index contributed by atoms with van der Waals surface area (Å²) in [6, 6.07) is 4.41. The zero-order valence-corrected chi connectivity index (χ0v) is 16.0. The van der Waals surface area contributed by atoms with Gasteiger partial charge >= 0.3 is 0 Å². The maximum absolute atomic E-state index is 15.0. The molecule has 1 aliphatic rings. The maximum Gasteiger partial charge on any atom is 0.255 e. The van der Waals surface area contributed by atoms with Crippen molar-refractivity contribution in [2.45, 2.75) is 25.7 Å². The Morgan fingerprint density at radius 1 is 1.14 bits per heavy atom. The minimum absolute atomic E-state index is 0.120. The van der Waals surface area contributed by atoms with Gasteiger partial charge in [0.2, 0.25) is 0 Å². The Morgan fingerprint density at radius 2 is 1.93 bits per heavy atom. The van der Waals surface area contributed by atoms with Crippen molar-refractivity contribution in [1.82, 2.24) is 19.6 Å². The number of fused-ring (bicyclic) bond motifs is 1. The Kier molecular flexibility index (Phi) is 5.57. The van der Waals surface area contributed by atoms with Crippen LogP contribution in [-0.4, -0.2) is 46.0 Å². The third kappa shape index (κ3) is 3.61. The second-order valence-corrected chi connectivity index (χ2v) is 7.01. The van der Waals surface area contributed by atoms with Gasteiger partial charge in [-0.25, -0.2) is 8.78 Å². The fourth-order valence-electron chi connectivity index (χ4n) is 3.55. The van der Waals surface area contributed by atoms with Crippen LogP contribution in [0.5, 0.6) is 5.75 Å². The van der Waals surface area contributed by atoms with Gasteiger partial charge in [-0.15, -0.1) is 0 Å². The van der Waals surface area contributed by atoms with E-state index < -0.39 is 12.5 Å². The summed E-state index contributed by atoms with van der Waals surface area (Å²) in [5.74, 6) is 0.804. The molecule has 0 unspecified atom stereocenters. The lowest BCUT2D eigenvalue weighted by Gasteiger charge is -2.26. The van der Waals surface area contributed by atoms with E-state index in [4.69, 9.17) is 16.3 Å². The van der Waals surface area contributed by atoms with Crippen LogP contribution in [0.3, 0.4) is 0 Å². The first-order valence-electron chi connectivity index (χ1n) is 9.32. The molecule has 1 saturated heterocycles. The standard InChI is InChI=1S/C19H20ClF2N5O/c20-17-16(14-6-5-13(11-15(14)22)28-10-7-21)18(26-8-3-1-2-4-9-26)27-19(25-17)23-12-24-27/h5-6,11-12H,1-4,7-10H2. The van der Waals surface area contributed by atoms with E-state index in [1.54, 1.807) is 16.6 Å². The molecule has 0 atom stereocenters. The van der Waals surface area contributed by atoms with Gasteiger partial charge < -0.3 is 9.64 Å². The SMILES string of the molecule is FCCOc1ccc(-c2c(Cl)nc3ncnn3c2N2CCCCCC2)c(F)c1. The van der Waals surface area contributed by atoms with Crippen LogP contribution in [0.15, 0.2) is 24.5 Å². The van der Waals surface area contributed by atoms with Gasteiger partial charge in [-0.2, -0.15) is 19.6 Å². The molecule has 28 heavy (non-hydrogen) atoms. The first-order valence-corrected chi connectivity index (χ1v) is 9.69. The summed E-state index contributed by atoms with van der Waals surface area (Å²) in [6.45, 7) is 0.884. The Morgan fingerprint density at radius 3 is 2.64 bits per heavy atom. The van der Waals surface area contributed by atoms with Crippen molar-refractivity contribution in [2.75, 3.05) is 31.3 Å². The highest BCUT2D eigenvalue weighted by atomic mass is 35.5. The van der Waals surface area contributed by atoms with Crippen LogP contribution in [0.1, 0.15) is 25.7 Å². The normalized spacial score (nSPS) is 15.0. The van der Waals surface area contributed by atoms with Crippen molar-refractivity contribution in [3.05, 3.63) is 35.5 Å². The van der Waals surface area contributed by atoms with Gasteiger partial charge in [0.25, 0.3) is 5.78 Å². The quantitative estimate of drug-likeness (QED) is 0.590. The molecular formula is C19H20ClF2N5O. The number of ether oxygens (including phenoxy) is 1. The van der Waals surface area contributed by atoms with Crippen molar-refractivity contribution in [1.29, 1.82) is 0 Å². The van der Waals surface area contributed by atoms with Crippen molar-refractivity contribution in [2.24, 2.45) is 0 Å². The molecule has 4 rings (SSSR count). The first kappa shape index (κ1) is 18.9. The lowest BCUT2D eigenvalue weighted by molar-refractivity contribution is 0.272. The molecule has 0 radical (unpaired) electrons. The average molecular weight is 408 g/mol. The molecule has 148 valence electrons. The van der Waals surface area contributed by atoms with E-state index in [2.05, 4.69) is 20.0 Å². The fourth-order valence-corrected chi connectivity index (χ4v) is 3.82. The highest BCUT2D eigenvalue weighted by molar-refractivity contribution is 6.33. The molecule has 0 aliphatic carbocycles. The molecule has 0 saturated carbocycles. The number of benzene rings is 1. The molecule has 1 fully saturated rings. The number of hydrogen-bond donors (Lipinski definition) is 0. The van der Waals surface area contributed by atoms with E-state index >= 15 is 0 Å². The van der Waals surface area contributed by atoms with Crippen molar-refractivity contribution in [3.63, 3.8) is 0 Å². The van der Waals surface area contributed by atoms with E-state index in [0.717, 1.165) is 38.8 Å². The molecule has 0 amide bonds. The smallest absolute Gasteiger partial charge is 0.255 e. The fraction of sp³-hybridized carbons (Fsp3) is 0.421. The summed E-state index contributed by atoms with van der Waals surface area (Å²) < 4.78 is 34.1. The molecule has 0 N–H and O–H groups in total. The lowest BCUT2D eigenvalue weighted by atomic mass is 10.1. The maximum atomic E-state index is 15.0. The zero-order chi connectivity index (χ0) is 19.5. The predicted molar refractivity (Wildman–Crippen MR) is 103 cm³/mol. The van der Waals surface area contributed by atoms with Gasteiger partial charge in [-0.3, -0.25) is 0 Å². The van der Waals surface area contributed by atoms with E-state index in [1.807, 2.05) is 0 Å². The number of nitrogens with zero attached hydrogens (tertiary/aromatic N) is 5. The Balaban J connectivity index is 1.86. The van der Waals surface area contributed by atoms with Crippen LogP contribution >= 0.6 is 11.6 Å². The second kappa shape index (κ2) is 8.26. The molecule has 3 heterocycles. The van der Waals surface area contributed by atoms with Gasteiger partial charge in [0, 0.05) is 24.7 Å². The van der Waals surface area contributed by atoms with E-state index in [0.29, 0.717) is 22.7 Å². The Hall–Kier alpha value is -2.48. The molecule has 0 spiro atoms. The highest BCUT2D eigenvalue weighted by Gasteiger charge is 2.25. The molecule has 3 aromatic rings. The van der Waals surface area contributed by atoms with Crippen LogP contribution in [0, 0.1) is 5.82 Å². The van der Waals surface area contributed by atoms with Crippen molar-refractivity contribution in [3.8, 4) is 16.9 Å². The summed E-state index contributed by atoms with van der Waals surface area (Å²) in [7, 11) is 0. The third-order valence-corrected chi connectivity index (χ3v) is 5.09. The molecule has 2 aromatic heterocycles. The summed E-state index contributed by atoms with van der Waals surface area (Å²) in [5.41, 5.74) is 0.762. The first-order chi connectivity index (χ1) is 13.7. The van der Waals surface area contributed by atoms with Crippen LogP contribution in [0.4, 0.5) is 14.6 Å². The number of anilines is 1. The minimum atomic E-state index is -0.638. The lowest BCUT2D eigenvalue weighted by Crippen LogP contribution is -2.27. The zero-order valence-electron chi connectivity index (χ0n) is 15.2. The molecule has 9 heteroatoms. The Labute approximate surface area is 166 Å². The van der Waals surface area contributed by atoms with Crippen LogP contribution < -0.4 is 9.64 Å². The van der Waals surface area contributed by atoms with Gasteiger partial charge in [0.1, 0.15) is 42.1 Å². The number of alkyl halides is 1. The summed E-state index contributed by atoms with van der Waals surface area (Å²) in [4.78, 5) is 10.6. The number of aromatic nitrogens is 4. The minimum Gasteiger partial charge on any atom is -0.491 e. The summed E-state index contributed by atoms with van der Waals surface area (Å²) >= 11 is 6.49. The molecule has 0 bridgehead atoms. The predicted octanol–water partition coefficient (Wildman–Crippen LogP) is 4.31. The highest BCUT2D eigenvalue weighted by Crippen LogP contribution is 2.39. The Bertz CT molecular complexity index is 972. The molecule has 1 aliphatic heterocycles. The largest absolute Gasteiger partial charge is 0.491 e. The van der Waals surface area contributed by atoms with Crippen LogP contribution in [-0.2, 0) is 0 Å². The number of rotatable bonds is 5. The second-order valence-electron chi connectivity index (χ2n) is 6.65. The van der Waals surface area contributed by atoms with E-state index in [9.17, 15) is 8.78 Å². The molecule has 1 aromatic carbocycles. The monoisotopic (exact) mass is 407 g/mol. The molecule has 6 nitrogen and oxygen atoms in total. The van der Waals surface area contributed by atoms with Gasteiger partial charge in [-0.1, -0.05) is 24.4 Å². The van der Waals surface area contributed by atoms with E-state index in [-0.39, 0.29) is 17.5 Å². The van der Waals surface area contributed by atoms with Gasteiger partial charge in [-0.05, 0) is 25.0 Å². The summed E-state index contributed by atoms with van der Waals surface area (Å²) in [6.07, 6.45) is 5.79. The number of halogens is 3. The van der Waals surface area contributed by atoms with Crippen molar-refractivity contribution >= 4 is 23.2 Å². The van der Waals surface area contributed by atoms with Crippen molar-refractivity contribution < 1.29 is 13.5 Å². The molecular weight excluding hydrogens is 388 g/mol. The van der Waals surface area contributed by atoms with Crippen LogP contribution in [0.25, 0.3) is 16.9 Å². The van der Waals surface area contributed by atoms with E-state index in [1.165, 1.54) is 12.4 Å². The number of hydrogen-bond acceptors (Lipinski definition) is 5. The van der Waals surface area contributed by atoms with Gasteiger partial charge in [0.05, 0.1) is 5.56 Å².